The van der Waals surface area contributed by atoms with E-state index in [1.807, 2.05) is 0 Å². The predicted octanol–water partition coefficient (Wildman–Crippen LogP) is 1.45. The molecular weight excluding hydrogens is 356 g/mol. The van der Waals surface area contributed by atoms with Crippen molar-refractivity contribution in [2.75, 3.05) is 5.32 Å². The van der Waals surface area contributed by atoms with Gasteiger partial charge in [-0.3, -0.25) is 9.59 Å². The van der Waals surface area contributed by atoms with Crippen LogP contribution in [0.15, 0.2) is 6.33 Å². The molecule has 10 heteroatoms. The summed E-state index contributed by atoms with van der Waals surface area (Å²) in [6, 6.07) is 2.21. The average molecular weight is 374 g/mol. The third kappa shape index (κ3) is 4.05. The summed E-state index contributed by atoms with van der Waals surface area (Å²) in [6.45, 7) is 1.30. The zero-order valence-electron chi connectivity index (χ0n) is 14.3. The SMILES string of the molecule is C[C@@H](OC(=O)Cn1cnnn1)C(=O)Nc1sc2c(c1C#N)CCCCC2. The topological polar surface area (TPSA) is 123 Å². The summed E-state index contributed by atoms with van der Waals surface area (Å²) in [6.07, 6.45) is 5.38. The molecule has 0 fully saturated rings. The van der Waals surface area contributed by atoms with Gasteiger partial charge in [0.2, 0.25) is 0 Å². The summed E-state index contributed by atoms with van der Waals surface area (Å²) >= 11 is 1.44. The molecule has 3 rings (SSSR count). The summed E-state index contributed by atoms with van der Waals surface area (Å²) < 4.78 is 6.31. The molecule has 1 atom stereocenters. The van der Waals surface area contributed by atoms with Gasteiger partial charge in [0.25, 0.3) is 5.91 Å². The number of fused-ring (bicyclic) bond motifs is 1. The van der Waals surface area contributed by atoms with E-state index in [9.17, 15) is 14.9 Å². The molecule has 0 bridgehead atoms. The highest BCUT2D eigenvalue weighted by Gasteiger charge is 2.24. The van der Waals surface area contributed by atoms with Crippen LogP contribution in [0.4, 0.5) is 5.00 Å². The Labute approximate surface area is 153 Å². The second-order valence-electron chi connectivity index (χ2n) is 6.01. The van der Waals surface area contributed by atoms with E-state index in [-0.39, 0.29) is 6.54 Å². The van der Waals surface area contributed by atoms with Gasteiger partial charge in [0.15, 0.2) is 6.10 Å². The first-order chi connectivity index (χ1) is 12.6. The van der Waals surface area contributed by atoms with Crippen molar-refractivity contribution >= 4 is 28.2 Å². The smallest absolute Gasteiger partial charge is 0.328 e. The largest absolute Gasteiger partial charge is 0.451 e. The Balaban J connectivity index is 1.64. The second-order valence-corrected chi connectivity index (χ2v) is 7.11. The van der Waals surface area contributed by atoms with Crippen LogP contribution >= 0.6 is 11.3 Å². The summed E-state index contributed by atoms with van der Waals surface area (Å²) in [4.78, 5) is 25.4. The number of amides is 1. The Morgan fingerprint density at radius 2 is 2.23 bits per heavy atom. The molecule has 0 saturated heterocycles. The van der Waals surface area contributed by atoms with Gasteiger partial charge < -0.3 is 10.1 Å². The molecule has 0 unspecified atom stereocenters. The zero-order chi connectivity index (χ0) is 18.5. The molecule has 1 aliphatic carbocycles. The molecule has 0 aromatic carbocycles. The predicted molar refractivity (Wildman–Crippen MR) is 92.3 cm³/mol. The zero-order valence-corrected chi connectivity index (χ0v) is 15.1. The van der Waals surface area contributed by atoms with Gasteiger partial charge in [0.05, 0.1) is 5.56 Å². The summed E-state index contributed by atoms with van der Waals surface area (Å²) in [5.74, 6) is -1.09. The van der Waals surface area contributed by atoms with E-state index >= 15 is 0 Å². The van der Waals surface area contributed by atoms with Gasteiger partial charge in [0.1, 0.15) is 23.9 Å². The third-order valence-electron chi connectivity index (χ3n) is 4.13. The van der Waals surface area contributed by atoms with Crippen LogP contribution < -0.4 is 5.32 Å². The monoisotopic (exact) mass is 374 g/mol. The van der Waals surface area contributed by atoms with Crippen LogP contribution in [0.2, 0.25) is 0 Å². The molecule has 1 N–H and O–H groups in total. The van der Waals surface area contributed by atoms with Gasteiger partial charge in [-0.2, -0.15) is 5.26 Å². The van der Waals surface area contributed by atoms with Gasteiger partial charge in [-0.25, -0.2) is 4.68 Å². The molecule has 1 amide bonds. The number of thiophene rings is 1. The molecule has 0 aliphatic heterocycles. The number of hydrogen-bond donors (Lipinski definition) is 1. The number of anilines is 1. The maximum Gasteiger partial charge on any atom is 0.328 e. The van der Waals surface area contributed by atoms with Gasteiger partial charge in [0, 0.05) is 4.88 Å². The van der Waals surface area contributed by atoms with Crippen LogP contribution in [0, 0.1) is 11.3 Å². The fraction of sp³-hybridized carbons (Fsp3) is 0.500. The fourth-order valence-corrected chi connectivity index (χ4v) is 4.08. The molecule has 2 aromatic rings. The average Bonchev–Trinajstić information content (AvgIpc) is 3.16. The van der Waals surface area contributed by atoms with Gasteiger partial charge in [-0.05, 0) is 48.6 Å². The van der Waals surface area contributed by atoms with Crippen molar-refractivity contribution < 1.29 is 14.3 Å². The van der Waals surface area contributed by atoms with Crippen LogP contribution in [0.3, 0.4) is 0 Å². The molecule has 2 aromatic heterocycles. The first kappa shape index (κ1) is 18.0. The molecule has 0 radical (unpaired) electrons. The number of ether oxygens (including phenoxy) is 1. The van der Waals surface area contributed by atoms with Gasteiger partial charge in [-0.1, -0.05) is 6.42 Å². The number of hydrogen-bond acceptors (Lipinski definition) is 8. The number of nitriles is 1. The Morgan fingerprint density at radius 1 is 1.42 bits per heavy atom. The number of carbonyl (C=O) groups excluding carboxylic acids is 2. The molecule has 1 aliphatic rings. The van der Waals surface area contributed by atoms with Crippen molar-refractivity contribution in [3.63, 3.8) is 0 Å². The maximum absolute atomic E-state index is 12.4. The van der Waals surface area contributed by atoms with Gasteiger partial charge in [-0.15, -0.1) is 16.4 Å². The molecule has 26 heavy (non-hydrogen) atoms. The van der Waals surface area contributed by atoms with Crippen molar-refractivity contribution in [1.82, 2.24) is 20.2 Å². The van der Waals surface area contributed by atoms with Crippen LogP contribution in [0.25, 0.3) is 0 Å². The van der Waals surface area contributed by atoms with Crippen molar-refractivity contribution in [2.45, 2.75) is 51.7 Å². The Kier molecular flexibility index (Phi) is 5.58. The Hall–Kier alpha value is -2.80. The highest BCUT2D eigenvalue weighted by atomic mass is 32.1. The molecule has 136 valence electrons. The summed E-state index contributed by atoms with van der Waals surface area (Å²) in [7, 11) is 0. The normalized spacial score (nSPS) is 14.6. The number of nitrogens with zero attached hydrogens (tertiary/aromatic N) is 5. The Morgan fingerprint density at radius 3 is 2.96 bits per heavy atom. The molecule has 0 spiro atoms. The van der Waals surface area contributed by atoms with E-state index in [2.05, 4.69) is 26.9 Å². The minimum absolute atomic E-state index is 0.179. The van der Waals surface area contributed by atoms with E-state index in [0.29, 0.717) is 10.6 Å². The number of aryl methyl sites for hydroxylation is 1. The van der Waals surface area contributed by atoms with Crippen LogP contribution in [-0.4, -0.2) is 38.2 Å². The van der Waals surface area contributed by atoms with Crippen molar-refractivity contribution in [2.24, 2.45) is 0 Å². The lowest BCUT2D eigenvalue weighted by Crippen LogP contribution is -2.31. The van der Waals surface area contributed by atoms with E-state index in [4.69, 9.17) is 4.74 Å². The quantitative estimate of drug-likeness (QED) is 0.620. The van der Waals surface area contributed by atoms with E-state index < -0.39 is 18.0 Å². The highest BCUT2D eigenvalue weighted by molar-refractivity contribution is 7.16. The molecular formula is C16H18N6O3S. The fourth-order valence-electron chi connectivity index (χ4n) is 2.84. The van der Waals surface area contributed by atoms with Crippen LogP contribution in [0.5, 0.6) is 0 Å². The number of rotatable bonds is 5. The number of esters is 1. The number of nitrogens with one attached hydrogen (secondary N) is 1. The maximum atomic E-state index is 12.4. The van der Waals surface area contributed by atoms with Crippen molar-refractivity contribution in [3.05, 3.63) is 22.3 Å². The number of tetrazole rings is 1. The number of aromatic nitrogens is 4. The Bertz CT molecular complexity index is 839. The molecule has 2 heterocycles. The van der Waals surface area contributed by atoms with Crippen molar-refractivity contribution in [3.8, 4) is 6.07 Å². The lowest BCUT2D eigenvalue weighted by atomic mass is 10.1. The second kappa shape index (κ2) is 8.05. The van der Waals surface area contributed by atoms with Crippen molar-refractivity contribution in [1.29, 1.82) is 5.26 Å². The minimum Gasteiger partial charge on any atom is -0.451 e. The van der Waals surface area contributed by atoms with Gasteiger partial charge >= 0.3 is 5.97 Å². The molecule has 0 saturated carbocycles. The third-order valence-corrected chi connectivity index (χ3v) is 5.34. The number of carbonyl (C=O) groups is 2. The van der Waals surface area contributed by atoms with E-state index in [0.717, 1.165) is 42.5 Å². The lowest BCUT2D eigenvalue weighted by Gasteiger charge is -2.12. The first-order valence-electron chi connectivity index (χ1n) is 8.34. The van der Waals surface area contributed by atoms with E-state index in [1.165, 1.54) is 29.3 Å². The van der Waals surface area contributed by atoms with E-state index in [1.54, 1.807) is 0 Å². The summed E-state index contributed by atoms with van der Waals surface area (Å²) in [5, 5.41) is 23.2. The van der Waals surface area contributed by atoms with Crippen LogP contribution in [-0.2, 0) is 33.7 Å². The van der Waals surface area contributed by atoms with Crippen LogP contribution in [0.1, 0.15) is 42.2 Å². The summed E-state index contributed by atoms with van der Waals surface area (Å²) in [5.41, 5.74) is 1.58. The molecule has 9 nitrogen and oxygen atoms in total. The lowest BCUT2D eigenvalue weighted by molar-refractivity contribution is -0.153. The minimum atomic E-state index is -0.993. The standard InChI is InChI=1S/C16H18N6O3S/c1-10(25-14(23)8-22-9-18-20-21-22)15(24)19-16-12(7-17)11-5-3-2-4-6-13(11)26-16/h9-10H,2-6,8H2,1H3,(H,19,24)/t10-/m1/s1. The highest BCUT2D eigenvalue weighted by Crippen LogP contribution is 2.37. The first-order valence-corrected chi connectivity index (χ1v) is 9.16.